The van der Waals surface area contributed by atoms with E-state index in [0.717, 1.165) is 58.7 Å². The van der Waals surface area contributed by atoms with Gasteiger partial charge in [-0.05, 0) is 51.6 Å². The summed E-state index contributed by atoms with van der Waals surface area (Å²) in [5.74, 6) is 0.338. The van der Waals surface area contributed by atoms with Crippen LogP contribution in [0.2, 0.25) is 0 Å². The van der Waals surface area contributed by atoms with Gasteiger partial charge in [0, 0.05) is 45.4 Å². The number of carbonyl (C=O) groups excluding carboxylic acids is 1. The van der Waals surface area contributed by atoms with Gasteiger partial charge in [0.2, 0.25) is 5.91 Å². The van der Waals surface area contributed by atoms with Crippen LogP contribution in [0.3, 0.4) is 0 Å². The van der Waals surface area contributed by atoms with E-state index >= 15 is 0 Å². The number of carbonyl (C=O) groups is 1. The SMILES string of the molecule is CN(C)C1CCN(CC(=O)N2CCCC3(CCOCC3)C2)C1. The van der Waals surface area contributed by atoms with Crippen molar-refractivity contribution in [2.24, 2.45) is 5.41 Å². The predicted octanol–water partition coefficient (Wildman–Crippen LogP) is 1.04. The zero-order valence-corrected chi connectivity index (χ0v) is 14.2. The third-order valence-electron chi connectivity index (χ3n) is 5.90. The first-order valence-corrected chi connectivity index (χ1v) is 8.82. The van der Waals surface area contributed by atoms with Gasteiger partial charge in [0.15, 0.2) is 0 Å². The number of nitrogens with zero attached hydrogens (tertiary/aromatic N) is 3. The maximum absolute atomic E-state index is 12.7. The van der Waals surface area contributed by atoms with E-state index in [-0.39, 0.29) is 0 Å². The van der Waals surface area contributed by atoms with Crippen LogP contribution < -0.4 is 0 Å². The van der Waals surface area contributed by atoms with Crippen LogP contribution in [0.4, 0.5) is 0 Å². The number of ether oxygens (including phenoxy) is 1. The molecule has 0 bridgehead atoms. The molecule has 0 aromatic heterocycles. The van der Waals surface area contributed by atoms with Crippen molar-refractivity contribution in [3.63, 3.8) is 0 Å². The smallest absolute Gasteiger partial charge is 0.236 e. The van der Waals surface area contributed by atoms with Crippen LogP contribution in [0.1, 0.15) is 32.1 Å². The lowest BCUT2D eigenvalue weighted by atomic mass is 9.74. The normalized spacial score (nSPS) is 29.4. The Labute approximate surface area is 134 Å². The van der Waals surface area contributed by atoms with Gasteiger partial charge in [0.05, 0.1) is 6.54 Å². The molecule has 0 radical (unpaired) electrons. The fourth-order valence-corrected chi connectivity index (χ4v) is 4.30. The van der Waals surface area contributed by atoms with Crippen molar-refractivity contribution in [1.82, 2.24) is 14.7 Å². The average molecular weight is 309 g/mol. The number of hydrogen-bond acceptors (Lipinski definition) is 4. The van der Waals surface area contributed by atoms with Crippen LogP contribution >= 0.6 is 0 Å². The highest BCUT2D eigenvalue weighted by molar-refractivity contribution is 5.78. The molecule has 3 aliphatic rings. The van der Waals surface area contributed by atoms with E-state index < -0.39 is 0 Å². The fraction of sp³-hybridized carbons (Fsp3) is 0.941. The molecule has 0 saturated carbocycles. The molecule has 3 aliphatic heterocycles. The molecule has 1 spiro atoms. The third-order valence-corrected chi connectivity index (χ3v) is 5.90. The molecule has 126 valence electrons. The van der Waals surface area contributed by atoms with Gasteiger partial charge in [-0.1, -0.05) is 0 Å². The molecular weight excluding hydrogens is 278 g/mol. The molecule has 1 amide bonds. The molecule has 0 N–H and O–H groups in total. The van der Waals surface area contributed by atoms with Crippen molar-refractivity contribution in [1.29, 1.82) is 0 Å². The number of rotatable bonds is 3. The molecule has 1 atom stereocenters. The number of amides is 1. The van der Waals surface area contributed by atoms with E-state index in [1.807, 2.05) is 0 Å². The zero-order valence-electron chi connectivity index (χ0n) is 14.2. The van der Waals surface area contributed by atoms with Gasteiger partial charge in [-0.25, -0.2) is 0 Å². The van der Waals surface area contributed by atoms with Gasteiger partial charge in [-0.3, -0.25) is 9.69 Å². The second-order valence-electron chi connectivity index (χ2n) is 7.67. The minimum Gasteiger partial charge on any atom is -0.381 e. The first kappa shape index (κ1) is 16.2. The standard InChI is InChI=1S/C17H31N3O2/c1-18(2)15-4-9-19(12-15)13-16(21)20-8-3-5-17(14-20)6-10-22-11-7-17/h15H,3-14H2,1-2H3. The van der Waals surface area contributed by atoms with Crippen LogP contribution in [-0.4, -0.2) is 86.7 Å². The summed E-state index contributed by atoms with van der Waals surface area (Å²) in [6.45, 7) is 6.35. The molecule has 3 heterocycles. The summed E-state index contributed by atoms with van der Waals surface area (Å²) < 4.78 is 5.52. The number of hydrogen-bond donors (Lipinski definition) is 0. The minimum absolute atomic E-state index is 0.338. The Morgan fingerprint density at radius 2 is 2.00 bits per heavy atom. The Hall–Kier alpha value is -0.650. The molecule has 3 fully saturated rings. The van der Waals surface area contributed by atoms with Crippen molar-refractivity contribution in [3.8, 4) is 0 Å². The van der Waals surface area contributed by atoms with Crippen LogP contribution in [-0.2, 0) is 9.53 Å². The molecule has 0 aromatic carbocycles. The maximum Gasteiger partial charge on any atom is 0.236 e. The van der Waals surface area contributed by atoms with E-state index in [1.54, 1.807) is 0 Å². The number of piperidine rings is 1. The minimum atomic E-state index is 0.338. The van der Waals surface area contributed by atoms with Crippen LogP contribution in [0.25, 0.3) is 0 Å². The average Bonchev–Trinajstić information content (AvgIpc) is 2.97. The number of likely N-dealkylation sites (N-methyl/N-ethyl adjacent to an activating group) is 1. The summed E-state index contributed by atoms with van der Waals surface area (Å²) in [5, 5.41) is 0. The number of likely N-dealkylation sites (tertiary alicyclic amines) is 2. The Bertz CT molecular complexity index is 388. The van der Waals surface area contributed by atoms with E-state index in [4.69, 9.17) is 4.74 Å². The predicted molar refractivity (Wildman–Crippen MR) is 86.8 cm³/mol. The third kappa shape index (κ3) is 3.63. The summed E-state index contributed by atoms with van der Waals surface area (Å²) >= 11 is 0. The van der Waals surface area contributed by atoms with E-state index in [9.17, 15) is 4.79 Å². The van der Waals surface area contributed by atoms with Crippen molar-refractivity contribution in [3.05, 3.63) is 0 Å². The zero-order chi connectivity index (χ0) is 15.6. The fourth-order valence-electron chi connectivity index (χ4n) is 4.30. The summed E-state index contributed by atoms with van der Waals surface area (Å²) in [4.78, 5) is 19.4. The molecule has 3 saturated heterocycles. The highest BCUT2D eigenvalue weighted by Crippen LogP contribution is 2.39. The molecule has 22 heavy (non-hydrogen) atoms. The van der Waals surface area contributed by atoms with Gasteiger partial charge in [-0.15, -0.1) is 0 Å². The second-order valence-corrected chi connectivity index (χ2v) is 7.67. The Kier molecular flexibility index (Phi) is 5.05. The summed E-state index contributed by atoms with van der Waals surface area (Å²) in [6.07, 6.45) is 5.87. The van der Waals surface area contributed by atoms with Crippen molar-refractivity contribution >= 4 is 5.91 Å². The lowest BCUT2D eigenvalue weighted by Crippen LogP contribution is -2.50. The van der Waals surface area contributed by atoms with Crippen LogP contribution in [0.15, 0.2) is 0 Å². The van der Waals surface area contributed by atoms with Gasteiger partial charge in [0.25, 0.3) is 0 Å². The van der Waals surface area contributed by atoms with Crippen LogP contribution in [0, 0.1) is 5.41 Å². The lowest BCUT2D eigenvalue weighted by molar-refractivity contribution is -0.137. The molecule has 0 aliphatic carbocycles. The monoisotopic (exact) mass is 309 g/mol. The second kappa shape index (κ2) is 6.85. The maximum atomic E-state index is 12.7. The van der Waals surface area contributed by atoms with Gasteiger partial charge < -0.3 is 14.5 Å². The Morgan fingerprint density at radius 1 is 1.23 bits per heavy atom. The van der Waals surface area contributed by atoms with E-state index in [1.165, 1.54) is 12.8 Å². The molecule has 0 aromatic rings. The van der Waals surface area contributed by atoms with E-state index in [2.05, 4.69) is 28.8 Å². The Morgan fingerprint density at radius 3 is 2.68 bits per heavy atom. The quantitative estimate of drug-likeness (QED) is 0.780. The summed E-state index contributed by atoms with van der Waals surface area (Å²) in [7, 11) is 4.27. The van der Waals surface area contributed by atoms with Crippen molar-refractivity contribution in [2.75, 3.05) is 60.0 Å². The summed E-state index contributed by atoms with van der Waals surface area (Å²) in [6, 6.07) is 0.607. The van der Waals surface area contributed by atoms with Crippen molar-refractivity contribution in [2.45, 2.75) is 38.1 Å². The highest BCUT2D eigenvalue weighted by Gasteiger charge is 2.38. The summed E-state index contributed by atoms with van der Waals surface area (Å²) in [5.41, 5.74) is 0.351. The largest absolute Gasteiger partial charge is 0.381 e. The molecule has 3 rings (SSSR count). The first-order valence-electron chi connectivity index (χ1n) is 8.82. The molecule has 5 nitrogen and oxygen atoms in total. The van der Waals surface area contributed by atoms with Gasteiger partial charge in [0.1, 0.15) is 0 Å². The topological polar surface area (TPSA) is 36.0 Å². The van der Waals surface area contributed by atoms with Gasteiger partial charge in [-0.2, -0.15) is 0 Å². The Balaban J connectivity index is 1.52. The first-order chi connectivity index (χ1) is 10.6. The van der Waals surface area contributed by atoms with E-state index in [0.29, 0.717) is 23.9 Å². The lowest BCUT2D eigenvalue weighted by Gasteiger charge is -2.45. The van der Waals surface area contributed by atoms with Crippen molar-refractivity contribution < 1.29 is 9.53 Å². The molecule has 1 unspecified atom stereocenters. The highest BCUT2D eigenvalue weighted by atomic mass is 16.5. The molecule has 5 heteroatoms. The molecular formula is C17H31N3O2. The van der Waals surface area contributed by atoms with Gasteiger partial charge >= 0.3 is 0 Å². The van der Waals surface area contributed by atoms with Crippen LogP contribution in [0.5, 0.6) is 0 Å².